The van der Waals surface area contributed by atoms with Crippen molar-refractivity contribution in [1.29, 1.82) is 0 Å². The van der Waals surface area contributed by atoms with Crippen LogP contribution in [-0.2, 0) is 0 Å². The molecule has 0 fully saturated rings. The summed E-state index contributed by atoms with van der Waals surface area (Å²) < 4.78 is 0. The predicted molar refractivity (Wildman–Crippen MR) is 122 cm³/mol. The predicted octanol–water partition coefficient (Wildman–Crippen LogP) is 6.68. The van der Waals surface area contributed by atoms with E-state index in [0.717, 1.165) is 21.3 Å². The maximum absolute atomic E-state index is 12.7. The molecule has 0 amide bonds. The third kappa shape index (κ3) is 3.17. The Morgan fingerprint density at radius 2 is 1.10 bits per heavy atom. The molecule has 1 aromatic heterocycles. The van der Waals surface area contributed by atoms with Crippen LogP contribution in [0.4, 0.5) is 16.4 Å². The molecule has 0 bridgehead atoms. The summed E-state index contributed by atoms with van der Waals surface area (Å²) in [6.45, 7) is 0. The van der Waals surface area contributed by atoms with E-state index in [1.54, 1.807) is 41.7 Å². The number of thiophene rings is 1. The van der Waals surface area contributed by atoms with E-state index in [1.807, 2.05) is 48.5 Å². The summed E-state index contributed by atoms with van der Waals surface area (Å²) in [5, 5.41) is 1.01. The first-order valence-corrected chi connectivity index (χ1v) is 10.4. The van der Waals surface area contributed by atoms with Gasteiger partial charge in [-0.05, 0) is 42.5 Å². The minimum absolute atomic E-state index is 0.200. The summed E-state index contributed by atoms with van der Waals surface area (Å²) in [6.07, 6.45) is 1.72. The Morgan fingerprint density at radius 1 is 0.600 bits per heavy atom. The molecule has 5 rings (SSSR count). The van der Waals surface area contributed by atoms with Gasteiger partial charge in [-0.15, -0.1) is 11.3 Å². The highest BCUT2D eigenvalue weighted by molar-refractivity contribution is 7.17. The van der Waals surface area contributed by atoms with Gasteiger partial charge in [-0.1, -0.05) is 60.7 Å². The van der Waals surface area contributed by atoms with E-state index in [1.165, 1.54) is 0 Å². The van der Waals surface area contributed by atoms with Gasteiger partial charge in [0.15, 0.2) is 11.6 Å². The number of para-hydroxylation sites is 2. The van der Waals surface area contributed by atoms with Crippen molar-refractivity contribution in [2.75, 3.05) is 4.90 Å². The lowest BCUT2D eigenvalue weighted by Gasteiger charge is -2.23. The fourth-order valence-electron chi connectivity index (χ4n) is 3.64. The number of hydrogen-bond donors (Lipinski definition) is 0. The Morgan fingerprint density at radius 3 is 1.63 bits per heavy atom. The first-order valence-electron chi connectivity index (χ1n) is 9.62. The number of benzene rings is 3. The smallest absolute Gasteiger partial charge is 0.197 e. The fourth-order valence-corrected chi connectivity index (χ4v) is 4.64. The van der Waals surface area contributed by atoms with Gasteiger partial charge in [0.05, 0.1) is 5.57 Å². The second-order valence-corrected chi connectivity index (χ2v) is 8.04. The Balaban J connectivity index is 1.54. The van der Waals surface area contributed by atoms with Gasteiger partial charge in [0, 0.05) is 27.4 Å². The number of carbonyl (C=O) groups excluding carboxylic acids is 2. The molecule has 0 unspecified atom stereocenters. The zero-order valence-corrected chi connectivity index (χ0v) is 16.8. The SMILES string of the molecule is O=C1C(=Cc2ccc(N(c3ccccc3)c3ccccc3)s2)C(=O)c2ccccc21. The number of ketones is 2. The molecule has 30 heavy (non-hydrogen) atoms. The molecule has 144 valence electrons. The number of hydrogen-bond acceptors (Lipinski definition) is 4. The number of nitrogens with zero attached hydrogens (tertiary/aromatic N) is 1. The highest BCUT2D eigenvalue weighted by Gasteiger charge is 2.32. The van der Waals surface area contributed by atoms with Crippen LogP contribution in [0, 0.1) is 0 Å². The van der Waals surface area contributed by atoms with Crippen LogP contribution in [0.5, 0.6) is 0 Å². The minimum atomic E-state index is -0.200. The Labute approximate surface area is 178 Å². The zero-order valence-electron chi connectivity index (χ0n) is 16.0. The Kier molecular flexibility index (Phi) is 4.62. The van der Waals surface area contributed by atoms with Crippen LogP contribution in [-0.4, -0.2) is 11.6 Å². The van der Waals surface area contributed by atoms with Crippen LogP contribution in [0.25, 0.3) is 6.08 Å². The molecular formula is C26H17NO2S. The third-order valence-electron chi connectivity index (χ3n) is 5.05. The van der Waals surface area contributed by atoms with Gasteiger partial charge in [0.25, 0.3) is 0 Å². The number of rotatable bonds is 4. The molecule has 3 nitrogen and oxygen atoms in total. The van der Waals surface area contributed by atoms with Crippen molar-refractivity contribution in [2.45, 2.75) is 0 Å². The summed E-state index contributed by atoms with van der Waals surface area (Å²) in [5.74, 6) is -0.401. The minimum Gasteiger partial charge on any atom is -0.302 e. The number of anilines is 3. The Hall–Kier alpha value is -3.76. The van der Waals surface area contributed by atoms with E-state index in [9.17, 15) is 9.59 Å². The first-order chi connectivity index (χ1) is 14.7. The molecule has 0 radical (unpaired) electrons. The van der Waals surface area contributed by atoms with Gasteiger partial charge in [0.2, 0.25) is 0 Å². The van der Waals surface area contributed by atoms with Crippen molar-refractivity contribution < 1.29 is 9.59 Å². The molecule has 1 aliphatic carbocycles. The van der Waals surface area contributed by atoms with Crippen LogP contribution in [0.2, 0.25) is 0 Å². The van der Waals surface area contributed by atoms with Crippen molar-refractivity contribution in [2.24, 2.45) is 0 Å². The highest BCUT2D eigenvalue weighted by atomic mass is 32.1. The molecule has 1 aliphatic rings. The van der Waals surface area contributed by atoms with Gasteiger partial charge in [-0.25, -0.2) is 0 Å². The molecule has 4 aromatic rings. The van der Waals surface area contributed by atoms with E-state index in [4.69, 9.17) is 0 Å². The number of allylic oxidation sites excluding steroid dienone is 1. The monoisotopic (exact) mass is 407 g/mol. The lowest BCUT2D eigenvalue weighted by molar-refractivity contribution is 0.0990. The topological polar surface area (TPSA) is 37.4 Å². The van der Waals surface area contributed by atoms with E-state index >= 15 is 0 Å². The van der Waals surface area contributed by atoms with Crippen molar-refractivity contribution in [1.82, 2.24) is 0 Å². The van der Waals surface area contributed by atoms with Crippen LogP contribution in [0.1, 0.15) is 25.6 Å². The lowest BCUT2D eigenvalue weighted by Crippen LogP contribution is -2.07. The van der Waals surface area contributed by atoms with E-state index in [2.05, 4.69) is 29.2 Å². The average Bonchev–Trinajstić information content (AvgIpc) is 3.35. The van der Waals surface area contributed by atoms with Gasteiger partial charge >= 0.3 is 0 Å². The van der Waals surface area contributed by atoms with Crippen molar-refractivity contribution in [3.63, 3.8) is 0 Å². The maximum Gasteiger partial charge on any atom is 0.197 e. The van der Waals surface area contributed by atoms with E-state index in [-0.39, 0.29) is 17.1 Å². The third-order valence-corrected chi connectivity index (χ3v) is 6.07. The zero-order chi connectivity index (χ0) is 20.5. The summed E-state index contributed by atoms with van der Waals surface area (Å²) in [5.41, 5.74) is 3.30. The van der Waals surface area contributed by atoms with Crippen molar-refractivity contribution in [3.05, 3.63) is 119 Å². The van der Waals surface area contributed by atoms with E-state index in [0.29, 0.717) is 11.1 Å². The molecular weight excluding hydrogens is 390 g/mol. The molecule has 0 aliphatic heterocycles. The molecule has 3 aromatic carbocycles. The number of fused-ring (bicyclic) bond motifs is 1. The van der Waals surface area contributed by atoms with Crippen molar-refractivity contribution >= 4 is 45.4 Å². The fraction of sp³-hybridized carbons (Fsp3) is 0. The lowest BCUT2D eigenvalue weighted by atomic mass is 10.1. The average molecular weight is 407 g/mol. The van der Waals surface area contributed by atoms with Gasteiger partial charge in [-0.2, -0.15) is 0 Å². The maximum atomic E-state index is 12.7. The molecule has 0 saturated carbocycles. The largest absolute Gasteiger partial charge is 0.302 e. The second-order valence-electron chi connectivity index (χ2n) is 6.94. The van der Waals surface area contributed by atoms with Gasteiger partial charge in [0.1, 0.15) is 5.00 Å². The van der Waals surface area contributed by atoms with Gasteiger partial charge in [-0.3, -0.25) is 9.59 Å². The molecule has 1 heterocycles. The second kappa shape index (κ2) is 7.58. The van der Waals surface area contributed by atoms with E-state index < -0.39 is 0 Å². The molecule has 0 saturated heterocycles. The molecule has 0 spiro atoms. The molecule has 0 N–H and O–H groups in total. The number of carbonyl (C=O) groups is 2. The quantitative estimate of drug-likeness (QED) is 0.280. The molecule has 4 heteroatoms. The van der Waals surface area contributed by atoms with Crippen LogP contribution in [0.3, 0.4) is 0 Å². The Bertz CT molecular complexity index is 1200. The number of Topliss-reactive ketones (excluding diaryl/α,β-unsaturated/α-hetero) is 2. The van der Waals surface area contributed by atoms with Gasteiger partial charge < -0.3 is 4.90 Å². The van der Waals surface area contributed by atoms with Crippen LogP contribution in [0.15, 0.2) is 103 Å². The standard InChI is InChI=1S/C26H17NO2S/c28-25-21-13-7-8-14-22(21)26(29)23(25)17-20-15-16-24(30-20)27(18-9-3-1-4-10-18)19-11-5-2-6-12-19/h1-17H. The normalized spacial score (nSPS) is 12.7. The summed E-state index contributed by atoms with van der Waals surface area (Å²) >= 11 is 1.55. The summed E-state index contributed by atoms with van der Waals surface area (Å²) in [4.78, 5) is 28.4. The first kappa shape index (κ1) is 18.3. The highest BCUT2D eigenvalue weighted by Crippen LogP contribution is 2.39. The van der Waals surface area contributed by atoms with Crippen LogP contribution < -0.4 is 4.90 Å². The molecule has 0 atom stereocenters. The van der Waals surface area contributed by atoms with Crippen LogP contribution >= 0.6 is 11.3 Å². The van der Waals surface area contributed by atoms with Crippen molar-refractivity contribution in [3.8, 4) is 0 Å². The summed E-state index contributed by atoms with van der Waals surface area (Å²) in [7, 11) is 0. The summed E-state index contributed by atoms with van der Waals surface area (Å²) in [6, 6.07) is 31.2.